The summed E-state index contributed by atoms with van der Waals surface area (Å²) in [4.78, 5) is 28.8. The fourth-order valence-corrected chi connectivity index (χ4v) is 3.99. The molecule has 0 aliphatic carbocycles. The number of halogens is 1. The molecule has 27 heavy (non-hydrogen) atoms. The van der Waals surface area contributed by atoms with Crippen molar-refractivity contribution in [1.29, 1.82) is 0 Å². The Bertz CT molecular complexity index is 780. The quantitative estimate of drug-likeness (QED) is 0.722. The zero-order chi connectivity index (χ0) is 19.1. The number of benzene rings is 2. The van der Waals surface area contributed by atoms with Crippen LogP contribution in [0, 0.1) is 0 Å². The van der Waals surface area contributed by atoms with Crippen LogP contribution in [0.5, 0.6) is 0 Å². The number of nitrogens with one attached hydrogen (secondary N) is 2. The predicted molar refractivity (Wildman–Crippen MR) is 109 cm³/mol. The van der Waals surface area contributed by atoms with Crippen LogP contribution in [0.2, 0.25) is 5.02 Å². The molecule has 5 nitrogen and oxygen atoms in total. The van der Waals surface area contributed by atoms with Crippen LogP contribution in [0.15, 0.2) is 59.5 Å². The maximum absolute atomic E-state index is 12.4. The van der Waals surface area contributed by atoms with E-state index in [-0.39, 0.29) is 11.8 Å². The molecule has 2 N–H and O–H groups in total. The van der Waals surface area contributed by atoms with Gasteiger partial charge >= 0.3 is 0 Å². The number of carbonyl (C=O) groups excluding carboxylic acids is 2. The first-order valence-electron chi connectivity index (χ1n) is 8.95. The number of rotatable bonds is 6. The van der Waals surface area contributed by atoms with Crippen LogP contribution in [0.25, 0.3) is 0 Å². The van der Waals surface area contributed by atoms with Gasteiger partial charge in [-0.2, -0.15) is 0 Å². The lowest BCUT2D eigenvalue weighted by Crippen LogP contribution is -3.15. The first kappa shape index (κ1) is 19.7. The molecule has 3 rings (SSSR count). The first-order valence-corrected chi connectivity index (χ1v) is 10.3. The molecule has 1 aliphatic heterocycles. The molecule has 2 aromatic carbocycles. The summed E-state index contributed by atoms with van der Waals surface area (Å²) in [5, 5.41) is 3.39. The fourth-order valence-electron chi connectivity index (χ4n) is 2.99. The monoisotopic (exact) mass is 404 g/mol. The summed E-state index contributed by atoms with van der Waals surface area (Å²) in [6.45, 7) is 3.30. The first-order chi connectivity index (χ1) is 13.1. The largest absolute Gasteiger partial charge is 0.331 e. The number of amides is 2. The third-order valence-corrected chi connectivity index (χ3v) is 5.81. The summed E-state index contributed by atoms with van der Waals surface area (Å²) in [5.41, 5.74) is 0.635. The molecular weight excluding hydrogens is 382 g/mol. The summed E-state index contributed by atoms with van der Waals surface area (Å²) < 4.78 is 0. The molecule has 1 aliphatic rings. The van der Waals surface area contributed by atoms with Gasteiger partial charge in [-0.15, -0.1) is 11.8 Å². The standard InChI is InChI=1S/C20H22ClN3O2S/c21-17-8-4-5-9-18(17)22-19(25)14-23-10-12-24(13-11-23)20(26)15-27-16-6-2-1-3-7-16/h1-9H,10-15H2,(H,22,25)/p+1. The molecule has 2 amide bonds. The van der Waals surface area contributed by atoms with E-state index >= 15 is 0 Å². The normalized spacial score (nSPS) is 14.8. The third kappa shape index (κ3) is 5.99. The topological polar surface area (TPSA) is 53.9 Å². The third-order valence-electron chi connectivity index (χ3n) is 4.49. The van der Waals surface area contributed by atoms with E-state index < -0.39 is 0 Å². The van der Waals surface area contributed by atoms with E-state index in [1.165, 1.54) is 4.90 Å². The summed E-state index contributed by atoms with van der Waals surface area (Å²) in [5.74, 6) is 0.549. The second kappa shape index (κ2) is 9.78. The number of carbonyl (C=O) groups is 2. The Morgan fingerprint density at radius 2 is 1.70 bits per heavy atom. The van der Waals surface area contributed by atoms with Gasteiger partial charge in [0.05, 0.1) is 42.6 Å². The van der Waals surface area contributed by atoms with Gasteiger partial charge in [0.25, 0.3) is 5.91 Å². The van der Waals surface area contributed by atoms with Gasteiger partial charge in [-0.05, 0) is 24.3 Å². The number of thioether (sulfide) groups is 1. The Morgan fingerprint density at radius 1 is 1.04 bits per heavy atom. The maximum Gasteiger partial charge on any atom is 0.279 e. The molecule has 0 atom stereocenters. The SMILES string of the molecule is O=C(C[NH+]1CCN(C(=O)CSc2ccccc2)CC1)Nc1ccccc1Cl. The number of quaternary nitrogens is 1. The lowest BCUT2D eigenvalue weighted by Gasteiger charge is -2.31. The number of hydrogen-bond donors (Lipinski definition) is 2. The molecule has 0 aromatic heterocycles. The maximum atomic E-state index is 12.4. The number of piperazine rings is 1. The second-order valence-electron chi connectivity index (χ2n) is 6.44. The van der Waals surface area contributed by atoms with Crippen molar-refractivity contribution >= 4 is 40.9 Å². The molecule has 0 unspecified atom stereocenters. The molecule has 1 fully saturated rings. The van der Waals surface area contributed by atoms with E-state index in [1.807, 2.05) is 47.4 Å². The Morgan fingerprint density at radius 3 is 2.41 bits per heavy atom. The van der Waals surface area contributed by atoms with E-state index in [0.29, 0.717) is 36.1 Å². The number of hydrogen-bond acceptors (Lipinski definition) is 3. The molecule has 0 spiro atoms. The molecule has 1 heterocycles. The summed E-state index contributed by atoms with van der Waals surface area (Å²) in [7, 11) is 0. The lowest BCUT2D eigenvalue weighted by atomic mass is 10.3. The summed E-state index contributed by atoms with van der Waals surface area (Å²) in [6.07, 6.45) is 0. The van der Waals surface area contributed by atoms with Gasteiger partial charge < -0.3 is 15.1 Å². The average molecular weight is 405 g/mol. The number of nitrogens with zero attached hydrogens (tertiary/aromatic N) is 1. The Hall–Kier alpha value is -2.02. The van der Waals surface area contributed by atoms with Crippen LogP contribution < -0.4 is 10.2 Å². The summed E-state index contributed by atoms with van der Waals surface area (Å²) >= 11 is 7.63. The highest BCUT2D eigenvalue weighted by atomic mass is 35.5. The van der Waals surface area contributed by atoms with Crippen molar-refractivity contribution in [2.24, 2.45) is 0 Å². The molecule has 0 bridgehead atoms. The van der Waals surface area contributed by atoms with Crippen molar-refractivity contribution in [2.75, 3.05) is 43.8 Å². The van der Waals surface area contributed by atoms with Crippen molar-refractivity contribution < 1.29 is 14.5 Å². The number of anilines is 1. The van der Waals surface area contributed by atoms with Gasteiger partial charge in [0.15, 0.2) is 6.54 Å². The van der Waals surface area contributed by atoms with Gasteiger partial charge in [0.1, 0.15) is 0 Å². The minimum atomic E-state index is -0.0579. The van der Waals surface area contributed by atoms with Crippen LogP contribution in [0.1, 0.15) is 0 Å². The van der Waals surface area contributed by atoms with E-state index in [2.05, 4.69) is 5.32 Å². The van der Waals surface area contributed by atoms with E-state index in [9.17, 15) is 9.59 Å². The van der Waals surface area contributed by atoms with Crippen molar-refractivity contribution in [2.45, 2.75) is 4.90 Å². The highest BCUT2D eigenvalue weighted by Crippen LogP contribution is 2.20. The summed E-state index contributed by atoms with van der Waals surface area (Å²) in [6, 6.07) is 17.1. The molecule has 0 saturated carbocycles. The Labute approximate surface area is 168 Å². The molecule has 1 saturated heterocycles. The molecule has 2 aromatic rings. The smallest absolute Gasteiger partial charge is 0.279 e. The van der Waals surface area contributed by atoms with E-state index in [1.54, 1.807) is 23.9 Å². The highest BCUT2D eigenvalue weighted by molar-refractivity contribution is 8.00. The van der Waals surface area contributed by atoms with Crippen LogP contribution in [0.3, 0.4) is 0 Å². The molecule has 0 radical (unpaired) electrons. The molecular formula is C20H23ClN3O2S+. The fraction of sp³-hybridized carbons (Fsp3) is 0.300. The minimum absolute atomic E-state index is 0.0579. The van der Waals surface area contributed by atoms with Crippen molar-refractivity contribution in [3.05, 3.63) is 59.6 Å². The van der Waals surface area contributed by atoms with Gasteiger partial charge in [-0.25, -0.2) is 0 Å². The van der Waals surface area contributed by atoms with E-state index in [0.717, 1.165) is 18.0 Å². The van der Waals surface area contributed by atoms with Crippen molar-refractivity contribution in [3.63, 3.8) is 0 Å². The zero-order valence-electron chi connectivity index (χ0n) is 15.0. The van der Waals surface area contributed by atoms with Crippen LogP contribution >= 0.6 is 23.4 Å². The van der Waals surface area contributed by atoms with Gasteiger partial charge in [0.2, 0.25) is 5.91 Å². The number of para-hydroxylation sites is 1. The Balaban J connectivity index is 1.40. The molecule has 142 valence electrons. The average Bonchev–Trinajstić information content (AvgIpc) is 2.69. The second-order valence-corrected chi connectivity index (χ2v) is 7.89. The van der Waals surface area contributed by atoms with Crippen molar-refractivity contribution in [1.82, 2.24) is 4.90 Å². The van der Waals surface area contributed by atoms with Gasteiger partial charge in [0, 0.05) is 4.90 Å². The Kier molecular flexibility index (Phi) is 7.15. The highest BCUT2D eigenvalue weighted by Gasteiger charge is 2.25. The van der Waals surface area contributed by atoms with Crippen LogP contribution in [-0.2, 0) is 9.59 Å². The minimum Gasteiger partial charge on any atom is -0.331 e. The van der Waals surface area contributed by atoms with Crippen molar-refractivity contribution in [3.8, 4) is 0 Å². The van der Waals surface area contributed by atoms with Crippen LogP contribution in [-0.4, -0.2) is 55.2 Å². The van der Waals surface area contributed by atoms with Gasteiger partial charge in [-0.1, -0.05) is 41.9 Å². The predicted octanol–water partition coefficient (Wildman–Crippen LogP) is 1.80. The van der Waals surface area contributed by atoms with Crippen LogP contribution in [0.4, 0.5) is 5.69 Å². The van der Waals surface area contributed by atoms with Gasteiger partial charge in [-0.3, -0.25) is 9.59 Å². The van der Waals surface area contributed by atoms with E-state index in [4.69, 9.17) is 11.6 Å². The zero-order valence-corrected chi connectivity index (χ0v) is 16.6. The lowest BCUT2D eigenvalue weighted by molar-refractivity contribution is -0.895. The molecule has 7 heteroatoms.